The molecule has 0 spiro atoms. The van der Waals surface area contributed by atoms with E-state index in [4.69, 9.17) is 5.11 Å². The van der Waals surface area contributed by atoms with Crippen molar-refractivity contribution in [3.63, 3.8) is 0 Å². The maximum atomic E-state index is 13.1. The van der Waals surface area contributed by atoms with Gasteiger partial charge in [0.05, 0.1) is 11.3 Å². The number of benzene rings is 1. The van der Waals surface area contributed by atoms with Gasteiger partial charge in [-0.25, -0.2) is 9.89 Å². The minimum Gasteiger partial charge on any atom is -0.478 e. The van der Waals surface area contributed by atoms with Crippen molar-refractivity contribution in [2.45, 2.75) is 39.7 Å². The van der Waals surface area contributed by atoms with E-state index in [0.717, 1.165) is 16.8 Å². The topological polar surface area (TPSA) is 103 Å². The molecular weight excluding hydrogens is 334 g/mol. The summed E-state index contributed by atoms with van der Waals surface area (Å²) in [6.45, 7) is 4.61. The van der Waals surface area contributed by atoms with Crippen molar-refractivity contribution in [2.24, 2.45) is 0 Å². The van der Waals surface area contributed by atoms with Gasteiger partial charge in [-0.3, -0.25) is 9.59 Å². The first-order valence-corrected chi connectivity index (χ1v) is 8.71. The second-order valence-corrected chi connectivity index (χ2v) is 6.33. The van der Waals surface area contributed by atoms with Crippen LogP contribution in [0.15, 0.2) is 23.0 Å². The first-order chi connectivity index (χ1) is 12.5. The molecule has 1 aliphatic heterocycles. The summed E-state index contributed by atoms with van der Waals surface area (Å²) in [5.74, 6) is -1.32. The van der Waals surface area contributed by atoms with Gasteiger partial charge in [0, 0.05) is 13.1 Å². The molecule has 2 aromatic rings. The van der Waals surface area contributed by atoms with Crippen LogP contribution in [0.5, 0.6) is 0 Å². The highest BCUT2D eigenvalue weighted by Gasteiger charge is 2.27. The first kappa shape index (κ1) is 17.8. The number of carbonyl (C=O) groups excluding carboxylic acids is 1. The predicted octanol–water partition coefficient (Wildman–Crippen LogP) is 1.79. The molecular formula is C19H21N3O4. The van der Waals surface area contributed by atoms with Gasteiger partial charge in [-0.1, -0.05) is 19.9 Å². The molecule has 0 bridgehead atoms. The molecule has 0 fully saturated rings. The number of hydrogen-bond acceptors (Lipinski definition) is 4. The van der Waals surface area contributed by atoms with E-state index in [9.17, 15) is 14.4 Å². The summed E-state index contributed by atoms with van der Waals surface area (Å²) in [5.41, 5.74) is 3.12. The van der Waals surface area contributed by atoms with Crippen LogP contribution in [-0.4, -0.2) is 38.6 Å². The lowest BCUT2D eigenvalue weighted by Crippen LogP contribution is -2.40. The number of aromatic carboxylic acids is 1. The minimum absolute atomic E-state index is 0.150. The van der Waals surface area contributed by atoms with Crippen molar-refractivity contribution in [1.82, 2.24) is 15.1 Å². The van der Waals surface area contributed by atoms with Crippen LogP contribution in [0.3, 0.4) is 0 Å². The third kappa shape index (κ3) is 3.12. The molecule has 1 aliphatic rings. The Bertz CT molecular complexity index is 933. The Morgan fingerprint density at radius 2 is 2.00 bits per heavy atom. The average molecular weight is 355 g/mol. The summed E-state index contributed by atoms with van der Waals surface area (Å²) in [6.07, 6.45) is 1.81. The number of amides is 1. The van der Waals surface area contributed by atoms with E-state index in [1.165, 1.54) is 0 Å². The van der Waals surface area contributed by atoms with Crippen molar-refractivity contribution in [1.29, 1.82) is 0 Å². The summed E-state index contributed by atoms with van der Waals surface area (Å²) in [4.78, 5) is 38.2. The van der Waals surface area contributed by atoms with E-state index in [1.807, 2.05) is 13.8 Å². The monoisotopic (exact) mass is 355 g/mol. The molecule has 0 saturated carbocycles. The standard InChI is InChI=1S/C19H21N3O4/c1-3-14-15(4-2)20-21-17(23)16(14)18(24)22-8-7-11-5-6-12(19(25)26)9-13(11)10-22/h5-6,9H,3-4,7-8,10H2,1-2H3,(H,21,23)(H,25,26). The van der Waals surface area contributed by atoms with Crippen LogP contribution in [0.2, 0.25) is 0 Å². The number of hydrogen-bond donors (Lipinski definition) is 2. The Morgan fingerprint density at radius 1 is 1.23 bits per heavy atom. The van der Waals surface area contributed by atoms with Crippen molar-refractivity contribution in [3.05, 3.63) is 62.1 Å². The molecule has 0 atom stereocenters. The lowest BCUT2D eigenvalue weighted by molar-refractivity contribution is 0.0696. The zero-order valence-corrected chi connectivity index (χ0v) is 14.8. The quantitative estimate of drug-likeness (QED) is 0.870. The van der Waals surface area contributed by atoms with Gasteiger partial charge in [-0.15, -0.1) is 0 Å². The Balaban J connectivity index is 1.97. The SMILES string of the molecule is CCc1n[nH]c(=O)c(C(=O)N2CCc3ccc(C(=O)O)cc3C2)c1CC. The van der Waals surface area contributed by atoms with Crippen molar-refractivity contribution in [3.8, 4) is 0 Å². The zero-order valence-electron chi connectivity index (χ0n) is 14.8. The summed E-state index contributed by atoms with van der Waals surface area (Å²) < 4.78 is 0. The molecule has 26 heavy (non-hydrogen) atoms. The van der Waals surface area contributed by atoms with Crippen molar-refractivity contribution < 1.29 is 14.7 Å². The number of carbonyl (C=O) groups is 2. The molecule has 7 nitrogen and oxygen atoms in total. The molecule has 3 rings (SSSR count). The van der Waals surface area contributed by atoms with E-state index >= 15 is 0 Å². The molecule has 0 saturated heterocycles. The Hall–Kier alpha value is -2.96. The fraction of sp³-hybridized carbons (Fsp3) is 0.368. The van der Waals surface area contributed by atoms with E-state index in [1.54, 1.807) is 23.1 Å². The molecule has 7 heteroatoms. The number of nitrogens with zero attached hydrogens (tertiary/aromatic N) is 2. The maximum Gasteiger partial charge on any atom is 0.335 e. The highest BCUT2D eigenvalue weighted by molar-refractivity contribution is 5.95. The molecule has 2 heterocycles. The largest absolute Gasteiger partial charge is 0.478 e. The van der Waals surface area contributed by atoms with Crippen LogP contribution in [0.25, 0.3) is 0 Å². The fourth-order valence-corrected chi connectivity index (χ4v) is 3.44. The second kappa shape index (κ2) is 7.11. The highest BCUT2D eigenvalue weighted by atomic mass is 16.4. The second-order valence-electron chi connectivity index (χ2n) is 6.33. The molecule has 0 aliphatic carbocycles. The predicted molar refractivity (Wildman–Crippen MR) is 95.5 cm³/mol. The number of aromatic nitrogens is 2. The lowest BCUT2D eigenvalue weighted by atomic mass is 9.96. The number of aryl methyl sites for hydroxylation is 1. The summed E-state index contributed by atoms with van der Waals surface area (Å²) in [6, 6.07) is 4.98. The average Bonchev–Trinajstić information content (AvgIpc) is 2.66. The van der Waals surface area contributed by atoms with Crippen LogP contribution in [0, 0.1) is 0 Å². The highest BCUT2D eigenvalue weighted by Crippen LogP contribution is 2.23. The number of aromatic amines is 1. The molecule has 1 amide bonds. The van der Waals surface area contributed by atoms with E-state index in [2.05, 4.69) is 10.2 Å². The maximum absolute atomic E-state index is 13.1. The third-order valence-corrected chi connectivity index (χ3v) is 4.82. The molecule has 1 aromatic heterocycles. The first-order valence-electron chi connectivity index (χ1n) is 8.71. The molecule has 136 valence electrons. The lowest BCUT2D eigenvalue weighted by Gasteiger charge is -2.29. The number of H-pyrrole nitrogens is 1. The van der Waals surface area contributed by atoms with Gasteiger partial charge >= 0.3 is 5.97 Å². The number of fused-ring (bicyclic) bond motifs is 1. The van der Waals surface area contributed by atoms with Gasteiger partial charge in [0.1, 0.15) is 5.56 Å². The normalized spacial score (nSPS) is 13.4. The number of rotatable bonds is 4. The van der Waals surface area contributed by atoms with Crippen molar-refractivity contribution in [2.75, 3.05) is 6.54 Å². The Kier molecular flexibility index (Phi) is 4.88. The number of nitrogens with one attached hydrogen (secondary N) is 1. The van der Waals surface area contributed by atoms with Crippen molar-refractivity contribution >= 4 is 11.9 Å². The molecule has 0 unspecified atom stereocenters. The van der Waals surface area contributed by atoms with Gasteiger partial charge in [0.25, 0.3) is 11.5 Å². The summed E-state index contributed by atoms with van der Waals surface area (Å²) >= 11 is 0. The zero-order chi connectivity index (χ0) is 18.8. The van der Waals surface area contributed by atoms with Gasteiger partial charge in [0.15, 0.2) is 0 Å². The smallest absolute Gasteiger partial charge is 0.335 e. The molecule has 2 N–H and O–H groups in total. The van der Waals surface area contributed by atoms with E-state index < -0.39 is 11.5 Å². The fourth-order valence-electron chi connectivity index (χ4n) is 3.44. The molecule has 1 aromatic carbocycles. The minimum atomic E-state index is -0.998. The number of carboxylic acid groups (broad SMARTS) is 1. The molecule has 0 radical (unpaired) electrons. The van der Waals surface area contributed by atoms with Gasteiger partial charge in [-0.05, 0) is 48.1 Å². The third-order valence-electron chi connectivity index (χ3n) is 4.82. The number of carboxylic acids is 1. The van der Waals surface area contributed by atoms with Crippen LogP contribution >= 0.6 is 0 Å². The van der Waals surface area contributed by atoms with Crippen LogP contribution in [-0.2, 0) is 25.8 Å². The Morgan fingerprint density at radius 3 is 2.65 bits per heavy atom. The van der Waals surface area contributed by atoms with Gasteiger partial charge in [-0.2, -0.15) is 5.10 Å². The van der Waals surface area contributed by atoms with Gasteiger partial charge in [0.2, 0.25) is 0 Å². The van der Waals surface area contributed by atoms with Gasteiger partial charge < -0.3 is 10.0 Å². The van der Waals surface area contributed by atoms with Crippen LogP contribution < -0.4 is 5.56 Å². The van der Waals surface area contributed by atoms with Crippen LogP contribution in [0.4, 0.5) is 0 Å². The Labute approximate surface area is 150 Å². The summed E-state index contributed by atoms with van der Waals surface area (Å²) in [5, 5.41) is 15.6. The van der Waals surface area contributed by atoms with E-state index in [0.29, 0.717) is 37.9 Å². The van der Waals surface area contributed by atoms with E-state index in [-0.39, 0.29) is 17.0 Å². The summed E-state index contributed by atoms with van der Waals surface area (Å²) in [7, 11) is 0. The van der Waals surface area contributed by atoms with Crippen LogP contribution in [0.1, 0.15) is 56.9 Å².